The lowest BCUT2D eigenvalue weighted by molar-refractivity contribution is 0.354. The van der Waals surface area contributed by atoms with E-state index in [1.807, 2.05) is 6.07 Å². The van der Waals surface area contributed by atoms with E-state index in [0.717, 1.165) is 24.3 Å². The van der Waals surface area contributed by atoms with E-state index < -0.39 is 0 Å². The smallest absolute Gasteiger partial charge is 0.160 e. The molecule has 0 radical (unpaired) electrons. The normalized spacial score (nSPS) is 10.3. The molecule has 0 heterocycles. The van der Waals surface area contributed by atoms with Gasteiger partial charge in [-0.25, -0.2) is 0 Å². The molecule has 2 aromatic carbocycles. The van der Waals surface area contributed by atoms with Crippen LogP contribution in [0.1, 0.15) is 24.0 Å². The molecule has 0 aliphatic heterocycles. The van der Waals surface area contributed by atoms with Gasteiger partial charge < -0.3 is 9.47 Å². The lowest BCUT2D eigenvalue weighted by Gasteiger charge is -2.09. The van der Waals surface area contributed by atoms with Crippen molar-refractivity contribution < 1.29 is 9.47 Å². The van der Waals surface area contributed by atoms with Gasteiger partial charge in [0.15, 0.2) is 11.5 Å². The molecule has 0 N–H and O–H groups in total. The van der Waals surface area contributed by atoms with E-state index in [0.29, 0.717) is 0 Å². The SMILES string of the molecule is COc1ccc(CCCCc2ccccc2)cc1OC. The fourth-order valence-corrected chi connectivity index (χ4v) is 2.34. The molecule has 0 aliphatic carbocycles. The number of hydrogen-bond donors (Lipinski definition) is 0. The lowest BCUT2D eigenvalue weighted by atomic mass is 10.0. The number of unbranched alkanes of at least 4 members (excludes halogenated alkanes) is 1. The van der Waals surface area contributed by atoms with Crippen molar-refractivity contribution in [1.82, 2.24) is 0 Å². The van der Waals surface area contributed by atoms with Crippen LogP contribution < -0.4 is 9.47 Å². The van der Waals surface area contributed by atoms with Gasteiger partial charge in [-0.1, -0.05) is 36.4 Å². The first-order valence-corrected chi connectivity index (χ1v) is 7.08. The highest BCUT2D eigenvalue weighted by atomic mass is 16.5. The van der Waals surface area contributed by atoms with Crippen LogP contribution in [0.5, 0.6) is 11.5 Å². The average Bonchev–Trinajstić information content (AvgIpc) is 2.52. The number of ether oxygens (including phenoxy) is 2. The fourth-order valence-electron chi connectivity index (χ4n) is 2.34. The van der Waals surface area contributed by atoms with E-state index in [2.05, 4.69) is 42.5 Å². The van der Waals surface area contributed by atoms with Crippen molar-refractivity contribution in [2.45, 2.75) is 25.7 Å². The van der Waals surface area contributed by atoms with E-state index in [-0.39, 0.29) is 0 Å². The van der Waals surface area contributed by atoms with Crippen LogP contribution in [0.2, 0.25) is 0 Å². The Balaban J connectivity index is 1.82. The highest BCUT2D eigenvalue weighted by Crippen LogP contribution is 2.28. The van der Waals surface area contributed by atoms with Crippen LogP contribution in [0.3, 0.4) is 0 Å². The third-order valence-corrected chi connectivity index (χ3v) is 3.47. The fraction of sp³-hybridized carbons (Fsp3) is 0.333. The molecule has 0 fully saturated rings. The van der Waals surface area contributed by atoms with Gasteiger partial charge in [0.25, 0.3) is 0 Å². The maximum Gasteiger partial charge on any atom is 0.160 e. The average molecular weight is 270 g/mol. The molecule has 0 bridgehead atoms. The quantitative estimate of drug-likeness (QED) is 0.699. The summed E-state index contributed by atoms with van der Waals surface area (Å²) in [6.07, 6.45) is 4.62. The van der Waals surface area contributed by atoms with E-state index >= 15 is 0 Å². The highest BCUT2D eigenvalue weighted by Gasteiger charge is 2.04. The van der Waals surface area contributed by atoms with Gasteiger partial charge in [-0.2, -0.15) is 0 Å². The third-order valence-electron chi connectivity index (χ3n) is 3.47. The molecule has 0 aliphatic rings. The Bertz CT molecular complexity index is 520. The van der Waals surface area contributed by atoms with Crippen LogP contribution in [0, 0.1) is 0 Å². The van der Waals surface area contributed by atoms with Crippen molar-refractivity contribution in [1.29, 1.82) is 0 Å². The summed E-state index contributed by atoms with van der Waals surface area (Å²) >= 11 is 0. The Labute approximate surface area is 121 Å². The Morgan fingerprint density at radius 1 is 0.700 bits per heavy atom. The second-order valence-electron chi connectivity index (χ2n) is 4.88. The van der Waals surface area contributed by atoms with Gasteiger partial charge in [0.1, 0.15) is 0 Å². The summed E-state index contributed by atoms with van der Waals surface area (Å²) in [5, 5.41) is 0. The van der Waals surface area contributed by atoms with Crippen LogP contribution in [-0.4, -0.2) is 14.2 Å². The molecule has 0 saturated heterocycles. The Morgan fingerprint density at radius 3 is 2.00 bits per heavy atom. The molecule has 106 valence electrons. The molecular formula is C18H22O2. The zero-order chi connectivity index (χ0) is 14.2. The van der Waals surface area contributed by atoms with Gasteiger partial charge >= 0.3 is 0 Å². The molecular weight excluding hydrogens is 248 g/mol. The molecule has 0 spiro atoms. The minimum absolute atomic E-state index is 0.792. The van der Waals surface area contributed by atoms with Gasteiger partial charge in [0.2, 0.25) is 0 Å². The van der Waals surface area contributed by atoms with Crippen LogP contribution in [0.4, 0.5) is 0 Å². The van der Waals surface area contributed by atoms with Crippen molar-refractivity contribution in [3.8, 4) is 11.5 Å². The number of aryl methyl sites for hydroxylation is 2. The van der Waals surface area contributed by atoms with Crippen molar-refractivity contribution >= 4 is 0 Å². The maximum absolute atomic E-state index is 5.33. The third kappa shape index (κ3) is 4.02. The molecule has 0 unspecified atom stereocenters. The zero-order valence-electron chi connectivity index (χ0n) is 12.3. The van der Waals surface area contributed by atoms with Crippen LogP contribution in [0.15, 0.2) is 48.5 Å². The van der Waals surface area contributed by atoms with Gasteiger partial charge in [-0.05, 0) is 48.9 Å². The summed E-state index contributed by atoms with van der Waals surface area (Å²) in [6, 6.07) is 16.8. The van der Waals surface area contributed by atoms with Gasteiger partial charge in [-0.15, -0.1) is 0 Å². The van der Waals surface area contributed by atoms with E-state index in [4.69, 9.17) is 9.47 Å². The molecule has 2 nitrogen and oxygen atoms in total. The molecule has 2 rings (SSSR count). The summed E-state index contributed by atoms with van der Waals surface area (Å²) in [7, 11) is 3.34. The summed E-state index contributed by atoms with van der Waals surface area (Å²) in [5.41, 5.74) is 2.72. The Hall–Kier alpha value is -1.96. The molecule has 2 aromatic rings. The predicted molar refractivity (Wildman–Crippen MR) is 82.6 cm³/mol. The van der Waals surface area contributed by atoms with Crippen LogP contribution in [-0.2, 0) is 12.8 Å². The van der Waals surface area contributed by atoms with Crippen molar-refractivity contribution in [3.05, 3.63) is 59.7 Å². The molecule has 0 atom stereocenters. The topological polar surface area (TPSA) is 18.5 Å². The molecule has 0 saturated carbocycles. The first-order chi connectivity index (χ1) is 9.83. The van der Waals surface area contributed by atoms with Gasteiger partial charge in [0, 0.05) is 0 Å². The minimum Gasteiger partial charge on any atom is -0.493 e. The lowest BCUT2D eigenvalue weighted by Crippen LogP contribution is -1.93. The largest absolute Gasteiger partial charge is 0.493 e. The predicted octanol–water partition coefficient (Wildman–Crippen LogP) is 4.27. The summed E-state index contributed by atoms with van der Waals surface area (Å²) in [5.74, 6) is 1.61. The van der Waals surface area contributed by atoms with Crippen LogP contribution in [0.25, 0.3) is 0 Å². The van der Waals surface area contributed by atoms with E-state index in [9.17, 15) is 0 Å². The zero-order valence-corrected chi connectivity index (χ0v) is 12.3. The monoisotopic (exact) mass is 270 g/mol. The van der Waals surface area contributed by atoms with E-state index in [1.165, 1.54) is 24.0 Å². The molecule has 20 heavy (non-hydrogen) atoms. The van der Waals surface area contributed by atoms with Crippen molar-refractivity contribution in [2.75, 3.05) is 14.2 Å². The molecule has 2 heteroatoms. The number of hydrogen-bond acceptors (Lipinski definition) is 2. The summed E-state index contributed by atoms with van der Waals surface area (Å²) in [4.78, 5) is 0. The van der Waals surface area contributed by atoms with Crippen LogP contribution >= 0.6 is 0 Å². The second-order valence-corrected chi connectivity index (χ2v) is 4.88. The maximum atomic E-state index is 5.33. The second kappa shape index (κ2) is 7.59. The number of rotatable bonds is 7. The van der Waals surface area contributed by atoms with Crippen molar-refractivity contribution in [2.24, 2.45) is 0 Å². The van der Waals surface area contributed by atoms with Gasteiger partial charge in [0.05, 0.1) is 14.2 Å². The molecule has 0 amide bonds. The summed E-state index contributed by atoms with van der Waals surface area (Å²) in [6.45, 7) is 0. The molecule has 0 aromatic heterocycles. The number of methoxy groups -OCH3 is 2. The Morgan fingerprint density at radius 2 is 1.35 bits per heavy atom. The van der Waals surface area contributed by atoms with Crippen molar-refractivity contribution in [3.63, 3.8) is 0 Å². The summed E-state index contributed by atoms with van der Waals surface area (Å²) < 4.78 is 10.6. The number of benzene rings is 2. The van der Waals surface area contributed by atoms with E-state index in [1.54, 1.807) is 14.2 Å². The van der Waals surface area contributed by atoms with Gasteiger partial charge in [-0.3, -0.25) is 0 Å². The minimum atomic E-state index is 0.792. The first kappa shape index (κ1) is 14.4. The highest BCUT2D eigenvalue weighted by molar-refractivity contribution is 5.42. The first-order valence-electron chi connectivity index (χ1n) is 7.08. The Kier molecular flexibility index (Phi) is 5.48. The standard InChI is InChI=1S/C18H22O2/c1-19-17-13-12-16(14-18(17)20-2)11-7-6-10-15-8-4-3-5-9-15/h3-5,8-9,12-14H,6-7,10-11H2,1-2H3.